The predicted octanol–water partition coefficient (Wildman–Crippen LogP) is 3.07. The second-order valence-corrected chi connectivity index (χ2v) is 3.68. The van der Waals surface area contributed by atoms with Gasteiger partial charge in [0.2, 0.25) is 5.88 Å². The van der Waals surface area contributed by atoms with Crippen molar-refractivity contribution >= 4 is 18.4 Å². The van der Waals surface area contributed by atoms with Crippen LogP contribution in [0.15, 0.2) is 42.6 Å². The molecule has 1 aromatic heterocycles. The van der Waals surface area contributed by atoms with Crippen LogP contribution in [0.2, 0.25) is 0 Å². The molecule has 0 radical (unpaired) electrons. The number of pyridine rings is 1. The standard InChI is InChI=1S/C15H13NO2/c1-18-15-14(11-17)13(9-10-16-15)8-7-12-5-3-2-4-6-12/h2-11H,1H3/b8-7+. The number of carbonyl (C=O) groups is 1. The number of carbonyl (C=O) groups excluding carboxylic acids is 1. The highest BCUT2D eigenvalue weighted by molar-refractivity contribution is 5.87. The molecule has 0 aliphatic rings. The van der Waals surface area contributed by atoms with Crippen molar-refractivity contribution in [1.29, 1.82) is 0 Å². The monoisotopic (exact) mass is 239 g/mol. The van der Waals surface area contributed by atoms with Crippen LogP contribution in [0.25, 0.3) is 12.2 Å². The largest absolute Gasteiger partial charge is 0.480 e. The first-order valence-corrected chi connectivity index (χ1v) is 5.56. The Morgan fingerprint density at radius 1 is 1.11 bits per heavy atom. The van der Waals surface area contributed by atoms with Gasteiger partial charge in [-0.1, -0.05) is 42.5 Å². The number of nitrogens with zero attached hydrogens (tertiary/aromatic N) is 1. The van der Waals surface area contributed by atoms with Gasteiger partial charge in [0.05, 0.1) is 12.7 Å². The number of hydrogen-bond acceptors (Lipinski definition) is 3. The molecule has 0 fully saturated rings. The fourth-order valence-electron chi connectivity index (χ4n) is 1.64. The summed E-state index contributed by atoms with van der Waals surface area (Å²) >= 11 is 0. The second-order valence-electron chi connectivity index (χ2n) is 3.68. The zero-order chi connectivity index (χ0) is 12.8. The van der Waals surface area contributed by atoms with Gasteiger partial charge < -0.3 is 4.74 Å². The van der Waals surface area contributed by atoms with Gasteiger partial charge in [0.15, 0.2) is 6.29 Å². The van der Waals surface area contributed by atoms with Crippen molar-refractivity contribution in [3.63, 3.8) is 0 Å². The summed E-state index contributed by atoms with van der Waals surface area (Å²) in [5.41, 5.74) is 2.33. The molecule has 0 unspecified atom stereocenters. The first-order chi connectivity index (χ1) is 8.85. The lowest BCUT2D eigenvalue weighted by atomic mass is 10.1. The highest BCUT2D eigenvalue weighted by Gasteiger charge is 2.06. The van der Waals surface area contributed by atoms with Crippen molar-refractivity contribution in [3.05, 3.63) is 59.3 Å². The zero-order valence-corrected chi connectivity index (χ0v) is 10.0. The van der Waals surface area contributed by atoms with Crippen molar-refractivity contribution in [2.24, 2.45) is 0 Å². The lowest BCUT2D eigenvalue weighted by Crippen LogP contribution is -1.96. The fraction of sp³-hybridized carbons (Fsp3) is 0.0667. The number of methoxy groups -OCH3 is 1. The van der Waals surface area contributed by atoms with E-state index in [1.807, 2.05) is 42.5 Å². The Hall–Kier alpha value is -2.42. The van der Waals surface area contributed by atoms with Crippen LogP contribution in [0.5, 0.6) is 5.88 Å². The van der Waals surface area contributed by atoms with Crippen LogP contribution in [-0.4, -0.2) is 18.4 Å². The Balaban J connectivity index is 2.35. The molecular weight excluding hydrogens is 226 g/mol. The molecule has 0 aliphatic heterocycles. The molecule has 0 saturated heterocycles. The molecule has 0 aliphatic carbocycles. The summed E-state index contributed by atoms with van der Waals surface area (Å²) in [4.78, 5) is 15.1. The molecule has 3 nitrogen and oxygen atoms in total. The zero-order valence-electron chi connectivity index (χ0n) is 10.0. The summed E-state index contributed by atoms with van der Waals surface area (Å²) in [6.07, 6.45) is 6.21. The van der Waals surface area contributed by atoms with Crippen molar-refractivity contribution in [2.75, 3.05) is 7.11 Å². The Kier molecular flexibility index (Phi) is 3.86. The van der Waals surface area contributed by atoms with E-state index in [4.69, 9.17) is 4.74 Å². The van der Waals surface area contributed by atoms with Crippen LogP contribution in [0, 0.1) is 0 Å². The number of benzene rings is 1. The SMILES string of the molecule is COc1nccc(/C=C/c2ccccc2)c1C=O. The van der Waals surface area contributed by atoms with E-state index in [1.165, 1.54) is 7.11 Å². The summed E-state index contributed by atoms with van der Waals surface area (Å²) in [6, 6.07) is 11.7. The molecule has 0 spiro atoms. The van der Waals surface area contributed by atoms with Gasteiger partial charge in [-0.15, -0.1) is 0 Å². The lowest BCUT2D eigenvalue weighted by molar-refractivity contribution is 0.111. The van der Waals surface area contributed by atoms with Crippen LogP contribution < -0.4 is 4.74 Å². The summed E-state index contributed by atoms with van der Waals surface area (Å²) in [7, 11) is 1.50. The van der Waals surface area contributed by atoms with E-state index in [-0.39, 0.29) is 0 Å². The minimum atomic E-state index is 0.347. The van der Waals surface area contributed by atoms with Gasteiger partial charge >= 0.3 is 0 Å². The normalized spacial score (nSPS) is 10.5. The highest BCUT2D eigenvalue weighted by atomic mass is 16.5. The van der Waals surface area contributed by atoms with Crippen molar-refractivity contribution in [2.45, 2.75) is 0 Å². The molecule has 2 rings (SSSR count). The highest BCUT2D eigenvalue weighted by Crippen LogP contribution is 2.19. The van der Waals surface area contributed by atoms with E-state index in [2.05, 4.69) is 4.98 Å². The first kappa shape index (κ1) is 12.0. The number of rotatable bonds is 4. The van der Waals surface area contributed by atoms with E-state index in [9.17, 15) is 4.79 Å². The third kappa shape index (κ3) is 2.63. The minimum absolute atomic E-state index is 0.347. The molecule has 0 saturated carbocycles. The Bertz CT molecular complexity index is 562. The third-order valence-corrected chi connectivity index (χ3v) is 2.55. The maximum absolute atomic E-state index is 11.1. The Morgan fingerprint density at radius 2 is 1.89 bits per heavy atom. The molecule has 3 heteroatoms. The Labute approximate surface area is 106 Å². The van der Waals surface area contributed by atoms with Crippen molar-refractivity contribution in [1.82, 2.24) is 4.98 Å². The molecule has 18 heavy (non-hydrogen) atoms. The molecule has 0 N–H and O–H groups in total. The maximum Gasteiger partial charge on any atom is 0.224 e. The smallest absolute Gasteiger partial charge is 0.224 e. The van der Waals surface area contributed by atoms with Crippen LogP contribution in [0.1, 0.15) is 21.5 Å². The molecule has 0 amide bonds. The topological polar surface area (TPSA) is 39.2 Å². The summed E-state index contributed by atoms with van der Waals surface area (Å²) < 4.78 is 5.05. The molecule has 0 bridgehead atoms. The van der Waals surface area contributed by atoms with E-state index in [0.29, 0.717) is 11.4 Å². The molecular formula is C15H13NO2. The van der Waals surface area contributed by atoms with Gasteiger partial charge in [-0.25, -0.2) is 4.98 Å². The summed E-state index contributed by atoms with van der Waals surface area (Å²) in [5.74, 6) is 0.347. The fourth-order valence-corrected chi connectivity index (χ4v) is 1.64. The molecule has 1 heterocycles. The van der Waals surface area contributed by atoms with Crippen LogP contribution in [-0.2, 0) is 0 Å². The molecule has 0 atom stereocenters. The quantitative estimate of drug-likeness (QED) is 0.770. The lowest BCUT2D eigenvalue weighted by Gasteiger charge is -2.04. The van der Waals surface area contributed by atoms with Crippen molar-refractivity contribution in [3.8, 4) is 5.88 Å². The first-order valence-electron chi connectivity index (χ1n) is 5.56. The predicted molar refractivity (Wildman–Crippen MR) is 71.5 cm³/mol. The summed E-state index contributed by atoms with van der Waals surface area (Å²) in [6.45, 7) is 0. The molecule has 1 aromatic carbocycles. The van der Waals surface area contributed by atoms with Gasteiger partial charge in [-0.2, -0.15) is 0 Å². The van der Waals surface area contributed by atoms with Gasteiger partial charge in [-0.05, 0) is 17.2 Å². The van der Waals surface area contributed by atoms with Gasteiger partial charge in [0, 0.05) is 6.20 Å². The summed E-state index contributed by atoms with van der Waals surface area (Å²) in [5, 5.41) is 0. The van der Waals surface area contributed by atoms with Gasteiger partial charge in [-0.3, -0.25) is 4.79 Å². The minimum Gasteiger partial charge on any atom is -0.480 e. The third-order valence-electron chi connectivity index (χ3n) is 2.55. The number of aldehydes is 1. The van der Waals surface area contributed by atoms with E-state index in [0.717, 1.165) is 17.4 Å². The van der Waals surface area contributed by atoms with Gasteiger partial charge in [0.25, 0.3) is 0 Å². The number of aromatic nitrogens is 1. The van der Waals surface area contributed by atoms with Crippen LogP contribution in [0.4, 0.5) is 0 Å². The van der Waals surface area contributed by atoms with Crippen molar-refractivity contribution < 1.29 is 9.53 Å². The van der Waals surface area contributed by atoms with E-state index < -0.39 is 0 Å². The second kappa shape index (κ2) is 5.77. The number of hydrogen-bond donors (Lipinski definition) is 0. The average Bonchev–Trinajstić information content (AvgIpc) is 2.45. The van der Waals surface area contributed by atoms with Gasteiger partial charge in [0.1, 0.15) is 0 Å². The number of ether oxygens (including phenoxy) is 1. The molecule has 90 valence electrons. The Morgan fingerprint density at radius 3 is 2.56 bits per heavy atom. The van der Waals surface area contributed by atoms with Crippen LogP contribution >= 0.6 is 0 Å². The maximum atomic E-state index is 11.1. The molecule has 2 aromatic rings. The van der Waals surface area contributed by atoms with E-state index in [1.54, 1.807) is 12.3 Å². The van der Waals surface area contributed by atoms with Crippen LogP contribution in [0.3, 0.4) is 0 Å². The average molecular weight is 239 g/mol. The van der Waals surface area contributed by atoms with E-state index >= 15 is 0 Å².